The number of carbonyl (C=O) groups is 2. The Hall–Kier alpha value is -3.00. The standard InChI is InChI=1S/C18H17N3O2/c1-3-9-20-12-13(14-7-5-6-8-16(14)20)11-15-17(22)21(10-4-2)18(23)19-15/h1,5-8,11-12H,4,9-10H2,2H3,(H,19,23)/b15-11+. The van der Waals surface area contributed by atoms with Gasteiger partial charge in [0, 0.05) is 29.2 Å². The van der Waals surface area contributed by atoms with Crippen LogP contribution in [0.3, 0.4) is 0 Å². The van der Waals surface area contributed by atoms with Crippen LogP contribution in [-0.2, 0) is 11.3 Å². The van der Waals surface area contributed by atoms with Crippen molar-refractivity contribution in [3.05, 3.63) is 41.7 Å². The minimum absolute atomic E-state index is 0.286. The highest BCUT2D eigenvalue weighted by atomic mass is 16.2. The maximum atomic E-state index is 12.3. The van der Waals surface area contributed by atoms with Crippen LogP contribution in [0, 0.1) is 12.3 Å². The molecule has 0 radical (unpaired) electrons. The van der Waals surface area contributed by atoms with E-state index in [2.05, 4.69) is 11.2 Å². The smallest absolute Gasteiger partial charge is 0.329 e. The molecule has 116 valence electrons. The van der Waals surface area contributed by atoms with Crippen molar-refractivity contribution < 1.29 is 9.59 Å². The molecule has 0 spiro atoms. The Morgan fingerprint density at radius 2 is 2.09 bits per heavy atom. The van der Waals surface area contributed by atoms with Crippen molar-refractivity contribution in [1.82, 2.24) is 14.8 Å². The third-order valence-electron chi connectivity index (χ3n) is 3.79. The van der Waals surface area contributed by atoms with E-state index in [0.717, 1.165) is 22.9 Å². The molecule has 5 heteroatoms. The van der Waals surface area contributed by atoms with Gasteiger partial charge in [-0.1, -0.05) is 31.0 Å². The van der Waals surface area contributed by atoms with Crippen LogP contribution in [0.25, 0.3) is 17.0 Å². The van der Waals surface area contributed by atoms with Crippen LogP contribution in [0.5, 0.6) is 0 Å². The van der Waals surface area contributed by atoms with E-state index in [1.165, 1.54) is 4.90 Å². The molecule has 23 heavy (non-hydrogen) atoms. The first-order valence-electron chi connectivity index (χ1n) is 7.51. The zero-order valence-corrected chi connectivity index (χ0v) is 12.9. The summed E-state index contributed by atoms with van der Waals surface area (Å²) >= 11 is 0. The van der Waals surface area contributed by atoms with Crippen molar-refractivity contribution in [2.24, 2.45) is 0 Å². The zero-order valence-electron chi connectivity index (χ0n) is 12.9. The number of carbonyl (C=O) groups excluding carboxylic acids is 2. The van der Waals surface area contributed by atoms with Gasteiger partial charge in [0.15, 0.2) is 0 Å². The van der Waals surface area contributed by atoms with Gasteiger partial charge in [-0.15, -0.1) is 6.42 Å². The number of terminal acetylenes is 1. The van der Waals surface area contributed by atoms with E-state index in [9.17, 15) is 9.59 Å². The van der Waals surface area contributed by atoms with E-state index in [-0.39, 0.29) is 11.9 Å². The summed E-state index contributed by atoms with van der Waals surface area (Å²) in [7, 11) is 0. The molecule has 1 saturated heterocycles. The van der Waals surface area contributed by atoms with Crippen molar-refractivity contribution in [2.75, 3.05) is 6.54 Å². The summed E-state index contributed by atoms with van der Waals surface area (Å²) in [6, 6.07) is 7.46. The SMILES string of the molecule is C#CCn1cc(/C=C2/NC(=O)N(CCC)C2=O)c2ccccc21. The minimum Gasteiger partial charge on any atom is -0.335 e. The third kappa shape index (κ3) is 2.59. The normalized spacial score (nSPS) is 16.2. The lowest BCUT2D eigenvalue weighted by atomic mass is 10.1. The monoisotopic (exact) mass is 307 g/mol. The van der Waals surface area contributed by atoms with Crippen molar-refractivity contribution in [3.63, 3.8) is 0 Å². The molecule has 1 aromatic heterocycles. The molecule has 0 saturated carbocycles. The molecule has 3 amide bonds. The summed E-state index contributed by atoms with van der Waals surface area (Å²) in [6.45, 7) is 2.79. The van der Waals surface area contributed by atoms with Gasteiger partial charge in [-0.2, -0.15) is 0 Å². The maximum Gasteiger partial charge on any atom is 0.329 e. The molecule has 1 aromatic carbocycles. The van der Waals surface area contributed by atoms with Gasteiger partial charge in [0.25, 0.3) is 5.91 Å². The maximum absolute atomic E-state index is 12.3. The molecule has 1 N–H and O–H groups in total. The highest BCUT2D eigenvalue weighted by molar-refractivity contribution is 6.14. The Morgan fingerprint density at radius 1 is 1.30 bits per heavy atom. The first-order chi connectivity index (χ1) is 11.2. The number of hydrogen-bond donors (Lipinski definition) is 1. The second-order valence-electron chi connectivity index (χ2n) is 5.38. The van der Waals surface area contributed by atoms with Gasteiger partial charge in [-0.3, -0.25) is 9.69 Å². The van der Waals surface area contributed by atoms with Crippen molar-refractivity contribution >= 4 is 28.9 Å². The van der Waals surface area contributed by atoms with E-state index >= 15 is 0 Å². The Labute approximate surface area is 134 Å². The van der Waals surface area contributed by atoms with Gasteiger partial charge in [0.1, 0.15) is 5.70 Å². The molecule has 3 rings (SSSR count). The predicted octanol–water partition coefficient (Wildman–Crippen LogP) is 2.58. The highest BCUT2D eigenvalue weighted by Gasteiger charge is 2.32. The molecule has 5 nitrogen and oxygen atoms in total. The summed E-state index contributed by atoms with van der Waals surface area (Å²) in [5.41, 5.74) is 2.16. The average Bonchev–Trinajstić information content (AvgIpc) is 3.02. The number of benzene rings is 1. The quantitative estimate of drug-likeness (QED) is 0.536. The molecule has 2 heterocycles. The first kappa shape index (κ1) is 14.9. The van der Waals surface area contributed by atoms with Crippen LogP contribution in [0.15, 0.2) is 36.2 Å². The second-order valence-corrected chi connectivity index (χ2v) is 5.38. The first-order valence-corrected chi connectivity index (χ1v) is 7.51. The minimum atomic E-state index is -0.365. The molecule has 1 aliphatic rings. The number of fused-ring (bicyclic) bond motifs is 1. The van der Waals surface area contributed by atoms with E-state index in [4.69, 9.17) is 6.42 Å². The number of imide groups is 1. The lowest BCUT2D eigenvalue weighted by Gasteiger charge is -2.08. The predicted molar refractivity (Wildman–Crippen MR) is 89.3 cm³/mol. The van der Waals surface area contributed by atoms with E-state index in [0.29, 0.717) is 18.8 Å². The summed E-state index contributed by atoms with van der Waals surface area (Å²) in [4.78, 5) is 25.4. The number of urea groups is 1. The van der Waals surface area contributed by atoms with E-state index in [1.807, 2.05) is 42.0 Å². The number of nitrogens with zero attached hydrogens (tertiary/aromatic N) is 2. The summed E-state index contributed by atoms with van der Waals surface area (Å²) in [6.07, 6.45) is 9.76. The molecule has 0 atom stereocenters. The Bertz CT molecular complexity index is 855. The Morgan fingerprint density at radius 3 is 2.83 bits per heavy atom. The number of aromatic nitrogens is 1. The molecular formula is C18H17N3O2. The molecule has 1 fully saturated rings. The Balaban J connectivity index is 2.03. The van der Waals surface area contributed by atoms with E-state index < -0.39 is 0 Å². The van der Waals surface area contributed by atoms with Crippen LogP contribution < -0.4 is 5.32 Å². The largest absolute Gasteiger partial charge is 0.335 e. The van der Waals surface area contributed by atoms with Crippen molar-refractivity contribution in [1.29, 1.82) is 0 Å². The lowest BCUT2D eigenvalue weighted by Crippen LogP contribution is -2.31. The zero-order chi connectivity index (χ0) is 16.4. The van der Waals surface area contributed by atoms with E-state index in [1.54, 1.807) is 6.08 Å². The van der Waals surface area contributed by atoms with Crippen molar-refractivity contribution in [3.8, 4) is 12.3 Å². The fourth-order valence-electron chi connectivity index (χ4n) is 2.77. The highest BCUT2D eigenvalue weighted by Crippen LogP contribution is 2.24. The summed E-state index contributed by atoms with van der Waals surface area (Å²) < 4.78 is 1.95. The van der Waals surface area contributed by atoms with Gasteiger partial charge >= 0.3 is 6.03 Å². The molecular weight excluding hydrogens is 290 g/mol. The topological polar surface area (TPSA) is 54.3 Å². The van der Waals surface area contributed by atoms with Gasteiger partial charge in [-0.25, -0.2) is 4.79 Å². The number of hydrogen-bond acceptors (Lipinski definition) is 2. The Kier molecular flexibility index (Phi) is 3.90. The van der Waals surface area contributed by atoms with Crippen LogP contribution in [-0.4, -0.2) is 28.0 Å². The molecule has 0 unspecified atom stereocenters. The van der Waals surface area contributed by atoms with Gasteiger partial charge in [-0.05, 0) is 18.6 Å². The van der Waals surface area contributed by atoms with Crippen LogP contribution in [0.4, 0.5) is 4.79 Å². The molecule has 0 aliphatic carbocycles. The van der Waals surface area contributed by atoms with Crippen LogP contribution >= 0.6 is 0 Å². The average molecular weight is 307 g/mol. The number of rotatable bonds is 4. The third-order valence-corrected chi connectivity index (χ3v) is 3.79. The molecule has 2 aromatic rings. The van der Waals surface area contributed by atoms with Gasteiger partial charge in [0.2, 0.25) is 0 Å². The van der Waals surface area contributed by atoms with Gasteiger partial charge < -0.3 is 9.88 Å². The second kappa shape index (κ2) is 6.01. The molecule has 0 bridgehead atoms. The summed E-state index contributed by atoms with van der Waals surface area (Å²) in [5.74, 6) is 2.33. The fourth-order valence-corrected chi connectivity index (χ4v) is 2.77. The fraction of sp³-hybridized carbons (Fsp3) is 0.222. The van der Waals surface area contributed by atoms with Crippen LogP contribution in [0.1, 0.15) is 18.9 Å². The lowest BCUT2D eigenvalue weighted by molar-refractivity contribution is -0.122. The summed E-state index contributed by atoms with van der Waals surface area (Å²) in [5, 5.41) is 3.63. The van der Waals surface area contributed by atoms with Crippen LogP contribution in [0.2, 0.25) is 0 Å². The number of nitrogens with one attached hydrogen (secondary N) is 1. The molecule has 1 aliphatic heterocycles. The van der Waals surface area contributed by atoms with Crippen molar-refractivity contribution in [2.45, 2.75) is 19.9 Å². The number of amides is 3. The van der Waals surface area contributed by atoms with Gasteiger partial charge in [0.05, 0.1) is 6.54 Å². The number of para-hydroxylation sites is 1.